The molecule has 248 valence electrons. The predicted molar refractivity (Wildman–Crippen MR) is 177 cm³/mol. The molecule has 0 aliphatic rings. The molecule has 4 rings (SSSR count). The van der Waals surface area contributed by atoms with Crippen LogP contribution in [-0.4, -0.2) is 43.8 Å². The summed E-state index contributed by atoms with van der Waals surface area (Å²) in [4.78, 5) is 29.1. The number of carbonyl (C=O) groups excluding carboxylic acids is 2. The van der Waals surface area contributed by atoms with Gasteiger partial charge in [-0.05, 0) is 61.4 Å². The lowest BCUT2D eigenvalue weighted by Gasteiger charge is -2.34. The molecule has 0 aliphatic heterocycles. The molecule has 0 saturated heterocycles. The van der Waals surface area contributed by atoms with Crippen LogP contribution < -0.4 is 9.62 Å². The molecular formula is C34H32Cl2F3N3O4S. The van der Waals surface area contributed by atoms with Gasteiger partial charge in [0.2, 0.25) is 11.8 Å². The maximum atomic E-state index is 14.5. The van der Waals surface area contributed by atoms with E-state index < -0.39 is 51.9 Å². The average molecular weight is 707 g/mol. The number of carbonyl (C=O) groups is 2. The van der Waals surface area contributed by atoms with Gasteiger partial charge in [-0.1, -0.05) is 89.9 Å². The van der Waals surface area contributed by atoms with Crippen LogP contribution in [0.2, 0.25) is 10.0 Å². The fraction of sp³-hybridized carbons (Fsp3) is 0.235. The number of halogens is 5. The maximum absolute atomic E-state index is 14.5. The zero-order chi connectivity index (χ0) is 34.4. The van der Waals surface area contributed by atoms with Crippen molar-refractivity contribution in [2.75, 3.05) is 10.8 Å². The number of anilines is 1. The van der Waals surface area contributed by atoms with Crippen molar-refractivity contribution in [2.45, 2.75) is 50.0 Å². The minimum absolute atomic E-state index is 0.0470. The molecule has 0 unspecified atom stereocenters. The molecule has 0 aliphatic carbocycles. The molecular weight excluding hydrogens is 674 g/mol. The van der Waals surface area contributed by atoms with Crippen molar-refractivity contribution in [3.63, 3.8) is 0 Å². The third-order valence-corrected chi connectivity index (χ3v) is 9.62. The Morgan fingerprint density at radius 1 is 0.830 bits per heavy atom. The standard InChI is InChI=1S/C34H32Cl2F3N3O4S/c1-23(2)40-33(44)31(19-24-11-5-3-6-12-24)41(21-25-13-9-10-16-28(25)35)32(43)22-42(47(45,46)27-14-7-4-8-15-27)30-20-26(34(37,38)39)17-18-29(30)36/h3-18,20,23,31H,19,21-22H2,1-2H3,(H,40,44)/t31-/m1/s1. The SMILES string of the molecule is CC(C)NC(=O)[C@@H](Cc1ccccc1)N(Cc1ccccc1Cl)C(=O)CN(c1cc(C(F)(F)F)ccc1Cl)S(=O)(=O)c1ccccc1. The number of amides is 2. The van der Waals surface area contributed by atoms with Gasteiger partial charge in [0.25, 0.3) is 10.0 Å². The third-order valence-electron chi connectivity index (χ3n) is 7.15. The predicted octanol–water partition coefficient (Wildman–Crippen LogP) is 7.37. The number of sulfonamides is 1. The summed E-state index contributed by atoms with van der Waals surface area (Å²) in [5.74, 6) is -1.39. The molecule has 0 heterocycles. The Kier molecular flexibility index (Phi) is 11.6. The second kappa shape index (κ2) is 15.2. The molecule has 0 aromatic heterocycles. The van der Waals surface area contributed by atoms with Crippen molar-refractivity contribution >= 4 is 50.7 Å². The van der Waals surface area contributed by atoms with Crippen molar-refractivity contribution in [3.05, 3.63) is 130 Å². The summed E-state index contributed by atoms with van der Waals surface area (Å²) < 4.78 is 70.1. The Morgan fingerprint density at radius 3 is 2.02 bits per heavy atom. The van der Waals surface area contributed by atoms with E-state index in [-0.39, 0.29) is 28.9 Å². The minimum atomic E-state index is -4.84. The number of hydrogen-bond donors (Lipinski definition) is 1. The molecule has 1 atom stereocenters. The summed E-state index contributed by atoms with van der Waals surface area (Å²) in [6.45, 7) is 2.31. The van der Waals surface area contributed by atoms with Crippen LogP contribution >= 0.6 is 23.2 Å². The molecule has 4 aromatic carbocycles. The van der Waals surface area contributed by atoms with E-state index in [1.54, 1.807) is 74.5 Å². The fourth-order valence-corrected chi connectivity index (χ4v) is 6.77. The van der Waals surface area contributed by atoms with E-state index in [2.05, 4.69) is 5.32 Å². The van der Waals surface area contributed by atoms with E-state index in [9.17, 15) is 31.2 Å². The van der Waals surface area contributed by atoms with E-state index in [1.807, 2.05) is 0 Å². The average Bonchev–Trinajstić information content (AvgIpc) is 3.02. The Morgan fingerprint density at radius 2 is 1.43 bits per heavy atom. The quantitative estimate of drug-likeness (QED) is 0.167. The van der Waals surface area contributed by atoms with Crippen LogP contribution in [0.3, 0.4) is 0 Å². The zero-order valence-electron chi connectivity index (χ0n) is 25.4. The molecule has 2 amide bonds. The topological polar surface area (TPSA) is 86.8 Å². The van der Waals surface area contributed by atoms with E-state index in [4.69, 9.17) is 23.2 Å². The second-order valence-corrected chi connectivity index (χ2v) is 13.6. The Labute approximate surface area is 282 Å². The lowest BCUT2D eigenvalue weighted by molar-refractivity contribution is -0.140. The molecule has 4 aromatic rings. The van der Waals surface area contributed by atoms with Gasteiger partial charge in [0, 0.05) is 24.0 Å². The van der Waals surface area contributed by atoms with Crippen LogP contribution in [0.15, 0.2) is 108 Å². The third kappa shape index (κ3) is 9.06. The van der Waals surface area contributed by atoms with Gasteiger partial charge in [-0.25, -0.2) is 8.42 Å². The van der Waals surface area contributed by atoms with Crippen molar-refractivity contribution < 1.29 is 31.2 Å². The Bertz CT molecular complexity index is 1810. The van der Waals surface area contributed by atoms with Gasteiger partial charge in [0.15, 0.2) is 0 Å². The number of nitrogens with one attached hydrogen (secondary N) is 1. The summed E-state index contributed by atoms with van der Waals surface area (Å²) in [6, 6.07) is 23.3. The highest BCUT2D eigenvalue weighted by Crippen LogP contribution is 2.37. The van der Waals surface area contributed by atoms with Crippen molar-refractivity contribution in [1.29, 1.82) is 0 Å². The summed E-state index contributed by atoms with van der Waals surface area (Å²) in [5, 5.41) is 2.79. The molecule has 47 heavy (non-hydrogen) atoms. The highest BCUT2D eigenvalue weighted by atomic mass is 35.5. The highest BCUT2D eigenvalue weighted by molar-refractivity contribution is 7.92. The maximum Gasteiger partial charge on any atom is 0.416 e. The molecule has 0 spiro atoms. The molecule has 0 radical (unpaired) electrons. The largest absolute Gasteiger partial charge is 0.416 e. The van der Waals surface area contributed by atoms with Crippen molar-refractivity contribution in [2.24, 2.45) is 0 Å². The van der Waals surface area contributed by atoms with Crippen LogP contribution in [0.1, 0.15) is 30.5 Å². The fourth-order valence-electron chi connectivity index (χ4n) is 4.86. The first-order valence-electron chi connectivity index (χ1n) is 14.5. The highest BCUT2D eigenvalue weighted by Gasteiger charge is 2.37. The first-order chi connectivity index (χ1) is 22.2. The number of nitrogens with zero attached hydrogens (tertiary/aromatic N) is 2. The summed E-state index contributed by atoms with van der Waals surface area (Å²) >= 11 is 12.8. The molecule has 0 saturated carbocycles. The van der Waals surface area contributed by atoms with E-state index in [1.165, 1.54) is 29.2 Å². The van der Waals surface area contributed by atoms with E-state index in [0.29, 0.717) is 26.5 Å². The minimum Gasteiger partial charge on any atom is -0.352 e. The molecule has 0 bridgehead atoms. The number of alkyl halides is 3. The number of benzene rings is 4. The molecule has 7 nitrogen and oxygen atoms in total. The van der Waals surface area contributed by atoms with Gasteiger partial charge >= 0.3 is 6.18 Å². The summed E-state index contributed by atoms with van der Waals surface area (Å²) in [5.41, 5.74) is -0.540. The van der Waals surface area contributed by atoms with Gasteiger partial charge < -0.3 is 10.2 Å². The normalized spacial score (nSPS) is 12.4. The first kappa shape index (κ1) is 35.8. The van der Waals surface area contributed by atoms with Crippen LogP contribution in [0.4, 0.5) is 18.9 Å². The van der Waals surface area contributed by atoms with Crippen LogP contribution in [0.5, 0.6) is 0 Å². The van der Waals surface area contributed by atoms with Crippen LogP contribution in [-0.2, 0) is 38.8 Å². The monoisotopic (exact) mass is 705 g/mol. The summed E-state index contributed by atoms with van der Waals surface area (Å²) in [6.07, 6.45) is -4.79. The zero-order valence-corrected chi connectivity index (χ0v) is 27.7. The van der Waals surface area contributed by atoms with Crippen molar-refractivity contribution in [3.8, 4) is 0 Å². The lowest BCUT2D eigenvalue weighted by Crippen LogP contribution is -2.54. The number of rotatable bonds is 12. The van der Waals surface area contributed by atoms with Gasteiger partial charge in [0.05, 0.1) is 21.2 Å². The Balaban J connectivity index is 1.88. The van der Waals surface area contributed by atoms with Gasteiger partial charge in [0.1, 0.15) is 12.6 Å². The lowest BCUT2D eigenvalue weighted by atomic mass is 10.0. The smallest absolute Gasteiger partial charge is 0.352 e. The molecule has 1 N–H and O–H groups in total. The van der Waals surface area contributed by atoms with Gasteiger partial charge in [-0.15, -0.1) is 0 Å². The van der Waals surface area contributed by atoms with Gasteiger partial charge in [-0.2, -0.15) is 13.2 Å². The number of hydrogen-bond acceptors (Lipinski definition) is 4. The molecule has 13 heteroatoms. The first-order valence-corrected chi connectivity index (χ1v) is 16.7. The van der Waals surface area contributed by atoms with Crippen LogP contribution in [0, 0.1) is 0 Å². The van der Waals surface area contributed by atoms with E-state index in [0.717, 1.165) is 12.1 Å². The van der Waals surface area contributed by atoms with Crippen LogP contribution in [0.25, 0.3) is 0 Å². The summed E-state index contributed by atoms with van der Waals surface area (Å²) in [7, 11) is -4.66. The van der Waals surface area contributed by atoms with Crippen molar-refractivity contribution in [1.82, 2.24) is 10.2 Å². The second-order valence-electron chi connectivity index (χ2n) is 11.0. The molecule has 0 fully saturated rings. The Hall–Kier alpha value is -4.06. The van der Waals surface area contributed by atoms with Gasteiger partial charge in [-0.3, -0.25) is 13.9 Å². The van der Waals surface area contributed by atoms with E-state index >= 15 is 0 Å².